The van der Waals surface area contributed by atoms with Crippen LogP contribution in [0.25, 0.3) is 0 Å². The summed E-state index contributed by atoms with van der Waals surface area (Å²) >= 11 is 0. The normalized spacial score (nSPS) is 9.69. The second-order valence-corrected chi connectivity index (χ2v) is 2.44. The molecule has 0 heterocycles. The summed E-state index contributed by atoms with van der Waals surface area (Å²) in [5, 5.41) is 2.98. The molecule has 0 aliphatic rings. The highest BCUT2D eigenvalue weighted by atomic mass is 19.3. The fraction of sp³-hybridized carbons (Fsp3) is 0.333. The average molecular weight is 185 g/mol. The Balaban J connectivity index is 2.40. The number of anilines is 1. The van der Waals surface area contributed by atoms with Gasteiger partial charge in [-0.2, -0.15) is 4.94 Å². The van der Waals surface area contributed by atoms with Crippen LogP contribution in [0.15, 0.2) is 24.3 Å². The molecule has 0 unspecified atom stereocenters. The second-order valence-electron chi connectivity index (χ2n) is 2.44. The number of hydrogen-bond acceptors (Lipinski definition) is 3. The first-order chi connectivity index (χ1) is 6.36. The smallest absolute Gasteiger partial charge is 0.122 e. The standard InChI is InChI=1S/C9H12FNO2/c1-11-8-2-4-9(5-3-8)12-6-7-13-10/h2-5,11H,6-7H2,1H3. The van der Waals surface area contributed by atoms with Gasteiger partial charge in [-0.25, -0.2) is 0 Å². The first kappa shape index (κ1) is 9.80. The molecule has 0 amide bonds. The van der Waals surface area contributed by atoms with Crippen molar-refractivity contribution in [3.63, 3.8) is 0 Å². The van der Waals surface area contributed by atoms with Gasteiger partial charge in [-0.15, -0.1) is 0 Å². The highest BCUT2D eigenvalue weighted by Crippen LogP contribution is 2.14. The van der Waals surface area contributed by atoms with Crippen LogP contribution in [-0.2, 0) is 4.94 Å². The van der Waals surface area contributed by atoms with E-state index in [0.29, 0.717) is 5.75 Å². The molecule has 0 atom stereocenters. The Hall–Kier alpha value is -1.29. The molecule has 13 heavy (non-hydrogen) atoms. The van der Waals surface area contributed by atoms with E-state index in [1.54, 1.807) is 0 Å². The molecule has 1 rings (SSSR count). The zero-order valence-corrected chi connectivity index (χ0v) is 7.42. The van der Waals surface area contributed by atoms with Crippen LogP contribution >= 0.6 is 0 Å². The number of benzene rings is 1. The summed E-state index contributed by atoms with van der Waals surface area (Å²) in [4.78, 5) is 3.37. The molecule has 0 aromatic heterocycles. The van der Waals surface area contributed by atoms with E-state index in [9.17, 15) is 4.53 Å². The molecule has 0 aliphatic heterocycles. The predicted molar refractivity (Wildman–Crippen MR) is 48.5 cm³/mol. The molecule has 0 saturated carbocycles. The van der Waals surface area contributed by atoms with Gasteiger partial charge < -0.3 is 10.1 Å². The topological polar surface area (TPSA) is 30.5 Å². The predicted octanol–water partition coefficient (Wildman–Crippen LogP) is 2.01. The first-order valence-corrected chi connectivity index (χ1v) is 4.01. The van der Waals surface area contributed by atoms with E-state index < -0.39 is 0 Å². The first-order valence-electron chi connectivity index (χ1n) is 4.01. The molecule has 4 heteroatoms. The quantitative estimate of drug-likeness (QED) is 0.712. The van der Waals surface area contributed by atoms with Crippen LogP contribution in [0.2, 0.25) is 0 Å². The van der Waals surface area contributed by atoms with E-state index in [2.05, 4.69) is 10.3 Å². The molecular formula is C9H12FNO2. The maximum Gasteiger partial charge on any atom is 0.122 e. The maximum absolute atomic E-state index is 11.2. The molecule has 1 aromatic carbocycles. The van der Waals surface area contributed by atoms with Gasteiger partial charge in [0.15, 0.2) is 0 Å². The Bertz CT molecular complexity index is 238. The van der Waals surface area contributed by atoms with Gasteiger partial charge in [-0.3, -0.25) is 0 Å². The lowest BCUT2D eigenvalue weighted by Gasteiger charge is -2.05. The minimum atomic E-state index is -0.0478. The summed E-state index contributed by atoms with van der Waals surface area (Å²) < 4.78 is 16.4. The van der Waals surface area contributed by atoms with Crippen LogP contribution in [0.5, 0.6) is 5.75 Å². The third-order valence-corrected chi connectivity index (χ3v) is 1.57. The summed E-state index contributed by atoms with van der Waals surface area (Å²) in [7, 11) is 1.84. The van der Waals surface area contributed by atoms with Crippen LogP contribution in [0, 0.1) is 0 Å². The van der Waals surface area contributed by atoms with E-state index in [1.807, 2.05) is 31.3 Å². The summed E-state index contributed by atoms with van der Waals surface area (Å²) in [5.74, 6) is 0.705. The van der Waals surface area contributed by atoms with Crippen LogP contribution in [-0.4, -0.2) is 20.3 Å². The number of halogens is 1. The van der Waals surface area contributed by atoms with Crippen molar-refractivity contribution >= 4 is 5.69 Å². The molecule has 0 spiro atoms. The number of ether oxygens (including phenoxy) is 1. The minimum absolute atomic E-state index is 0.0478. The summed E-state index contributed by atoms with van der Waals surface area (Å²) in [5.41, 5.74) is 1.01. The molecule has 72 valence electrons. The lowest BCUT2D eigenvalue weighted by Crippen LogP contribution is -2.02. The van der Waals surface area contributed by atoms with Gasteiger partial charge in [-0.1, -0.05) is 0 Å². The third-order valence-electron chi connectivity index (χ3n) is 1.57. The van der Waals surface area contributed by atoms with Crippen molar-refractivity contribution in [2.75, 3.05) is 25.6 Å². The zero-order chi connectivity index (χ0) is 9.52. The Morgan fingerprint density at radius 1 is 1.23 bits per heavy atom. The molecule has 0 aliphatic carbocycles. The summed E-state index contributed by atoms with van der Waals surface area (Å²) in [6, 6.07) is 7.38. The summed E-state index contributed by atoms with van der Waals surface area (Å²) in [6.45, 7) is 0.170. The molecule has 0 bridgehead atoms. The lowest BCUT2D eigenvalue weighted by molar-refractivity contribution is -0.138. The Morgan fingerprint density at radius 2 is 1.92 bits per heavy atom. The van der Waals surface area contributed by atoms with Gasteiger partial charge in [0.05, 0.1) is 0 Å². The van der Waals surface area contributed by atoms with Crippen molar-refractivity contribution in [2.45, 2.75) is 0 Å². The van der Waals surface area contributed by atoms with E-state index in [0.717, 1.165) is 5.69 Å². The largest absolute Gasteiger partial charge is 0.491 e. The maximum atomic E-state index is 11.2. The Kier molecular flexibility index (Phi) is 4.05. The molecule has 0 saturated heterocycles. The molecule has 0 radical (unpaired) electrons. The van der Waals surface area contributed by atoms with Crippen molar-refractivity contribution in [3.05, 3.63) is 24.3 Å². The van der Waals surface area contributed by atoms with E-state index in [-0.39, 0.29) is 13.2 Å². The number of hydrogen-bond donors (Lipinski definition) is 1. The Labute approximate surface area is 76.4 Å². The average Bonchev–Trinajstić information content (AvgIpc) is 2.19. The van der Waals surface area contributed by atoms with Crippen LogP contribution in [0.4, 0.5) is 10.2 Å². The van der Waals surface area contributed by atoms with Gasteiger partial charge in [0.1, 0.15) is 19.0 Å². The van der Waals surface area contributed by atoms with Gasteiger partial charge in [0.25, 0.3) is 0 Å². The summed E-state index contributed by atoms with van der Waals surface area (Å²) in [6.07, 6.45) is 0. The van der Waals surface area contributed by atoms with Crippen LogP contribution in [0.1, 0.15) is 0 Å². The fourth-order valence-electron chi connectivity index (χ4n) is 0.909. The van der Waals surface area contributed by atoms with Crippen molar-refractivity contribution in [2.24, 2.45) is 0 Å². The van der Waals surface area contributed by atoms with Crippen molar-refractivity contribution in [3.8, 4) is 5.75 Å². The molecule has 1 N–H and O–H groups in total. The van der Waals surface area contributed by atoms with Gasteiger partial charge in [-0.05, 0) is 28.8 Å². The second kappa shape index (κ2) is 5.37. The minimum Gasteiger partial charge on any atom is -0.491 e. The van der Waals surface area contributed by atoms with Gasteiger partial charge >= 0.3 is 0 Å². The van der Waals surface area contributed by atoms with Crippen LogP contribution < -0.4 is 10.1 Å². The number of rotatable bonds is 5. The Morgan fingerprint density at radius 3 is 2.46 bits per heavy atom. The number of nitrogens with one attached hydrogen (secondary N) is 1. The van der Waals surface area contributed by atoms with Crippen molar-refractivity contribution in [1.29, 1.82) is 0 Å². The zero-order valence-electron chi connectivity index (χ0n) is 7.42. The van der Waals surface area contributed by atoms with E-state index in [4.69, 9.17) is 4.74 Å². The highest BCUT2D eigenvalue weighted by molar-refractivity contribution is 5.45. The fourth-order valence-corrected chi connectivity index (χ4v) is 0.909. The van der Waals surface area contributed by atoms with Crippen molar-refractivity contribution < 1.29 is 14.2 Å². The highest BCUT2D eigenvalue weighted by Gasteiger charge is 1.93. The molecule has 1 aromatic rings. The van der Waals surface area contributed by atoms with Gasteiger partial charge in [0.2, 0.25) is 0 Å². The van der Waals surface area contributed by atoms with Gasteiger partial charge in [0, 0.05) is 12.7 Å². The molecular weight excluding hydrogens is 173 g/mol. The molecule has 3 nitrogen and oxygen atoms in total. The van der Waals surface area contributed by atoms with E-state index in [1.165, 1.54) is 0 Å². The van der Waals surface area contributed by atoms with Crippen LogP contribution in [0.3, 0.4) is 0 Å². The third kappa shape index (κ3) is 3.29. The van der Waals surface area contributed by atoms with Crippen molar-refractivity contribution in [1.82, 2.24) is 0 Å². The monoisotopic (exact) mass is 185 g/mol. The SMILES string of the molecule is CNc1ccc(OCCOF)cc1. The lowest BCUT2D eigenvalue weighted by atomic mass is 10.3. The van der Waals surface area contributed by atoms with E-state index >= 15 is 0 Å². The molecule has 0 fully saturated rings.